The predicted molar refractivity (Wildman–Crippen MR) is 189 cm³/mol. The lowest BCUT2D eigenvalue weighted by molar-refractivity contribution is -0.161. The molecule has 0 radical (unpaired) electrons. The van der Waals surface area contributed by atoms with Gasteiger partial charge in [-0.3, -0.25) is 18.9 Å². The van der Waals surface area contributed by atoms with Crippen LogP contribution in [0.3, 0.4) is 0 Å². The Labute approximate surface area is 284 Å². The lowest BCUT2D eigenvalue weighted by Crippen LogP contribution is -2.29. The minimum absolute atomic E-state index is 0.0218. The molecule has 47 heavy (non-hydrogen) atoms. The van der Waals surface area contributed by atoms with Crippen LogP contribution < -0.4 is 0 Å². The topological polar surface area (TPSA) is 136 Å². The van der Waals surface area contributed by atoms with Crippen LogP contribution in [0.4, 0.5) is 0 Å². The van der Waals surface area contributed by atoms with Gasteiger partial charge in [0.15, 0.2) is 11.9 Å². The summed E-state index contributed by atoms with van der Waals surface area (Å²) < 4.78 is 26.0. The molecule has 0 spiro atoms. The van der Waals surface area contributed by atoms with Crippen LogP contribution in [0.25, 0.3) is 0 Å². The molecule has 0 heterocycles. The number of unbranched alkanes of at least 4 members (excludes halogenated alkanes) is 13. The van der Waals surface area contributed by atoms with Crippen LogP contribution in [0.15, 0.2) is 48.6 Å². The van der Waals surface area contributed by atoms with Gasteiger partial charge in [0, 0.05) is 19.3 Å². The maximum Gasteiger partial charge on any atom is 0.469 e. The zero-order valence-corrected chi connectivity index (χ0v) is 30.1. The molecular weight excluding hydrogens is 619 g/mol. The van der Waals surface area contributed by atoms with Crippen LogP contribution in [0.5, 0.6) is 0 Å². The number of phosphoric ester groups is 1. The second kappa shape index (κ2) is 32.2. The van der Waals surface area contributed by atoms with Crippen molar-refractivity contribution < 1.29 is 42.7 Å². The molecule has 0 aliphatic heterocycles. The third-order valence-electron chi connectivity index (χ3n) is 7.33. The summed E-state index contributed by atoms with van der Waals surface area (Å²) >= 11 is 0. The molecular formula is C37H63O9P. The summed E-state index contributed by atoms with van der Waals surface area (Å²) in [7, 11) is -4.80. The Kier molecular flexibility index (Phi) is 30.6. The van der Waals surface area contributed by atoms with Crippen LogP contribution >= 0.6 is 7.82 Å². The average molecular weight is 683 g/mol. The van der Waals surface area contributed by atoms with Crippen LogP contribution in [0.2, 0.25) is 0 Å². The van der Waals surface area contributed by atoms with E-state index in [-0.39, 0.29) is 31.5 Å². The van der Waals surface area contributed by atoms with E-state index in [1.54, 1.807) is 6.08 Å². The fourth-order valence-corrected chi connectivity index (χ4v) is 4.98. The number of rotatable bonds is 32. The smallest absolute Gasteiger partial charge is 0.462 e. The van der Waals surface area contributed by atoms with Crippen LogP contribution in [0, 0.1) is 0 Å². The van der Waals surface area contributed by atoms with Crippen LogP contribution in [-0.2, 0) is 32.9 Å². The number of carbonyl (C=O) groups is 3. The van der Waals surface area contributed by atoms with Gasteiger partial charge in [-0.05, 0) is 44.6 Å². The maximum atomic E-state index is 12.3. The maximum absolute atomic E-state index is 12.3. The molecule has 0 amide bonds. The Morgan fingerprint density at radius 3 is 1.81 bits per heavy atom. The van der Waals surface area contributed by atoms with E-state index in [9.17, 15) is 18.9 Å². The van der Waals surface area contributed by atoms with Crippen molar-refractivity contribution in [2.24, 2.45) is 0 Å². The fraction of sp³-hybridized carbons (Fsp3) is 0.703. The predicted octanol–water partition coefficient (Wildman–Crippen LogP) is 9.58. The minimum atomic E-state index is -4.80. The first-order valence-corrected chi connectivity index (χ1v) is 19.4. The minimum Gasteiger partial charge on any atom is -0.462 e. The number of ketones is 1. The van der Waals surface area contributed by atoms with Gasteiger partial charge in [-0.25, -0.2) is 4.57 Å². The second-order valence-electron chi connectivity index (χ2n) is 11.9. The molecule has 1 atom stereocenters. The molecule has 0 aliphatic rings. The molecule has 0 fully saturated rings. The zero-order valence-electron chi connectivity index (χ0n) is 29.2. The van der Waals surface area contributed by atoms with E-state index < -0.39 is 39.1 Å². The van der Waals surface area contributed by atoms with Crippen molar-refractivity contribution >= 4 is 25.5 Å². The Morgan fingerprint density at radius 1 is 0.617 bits per heavy atom. The summed E-state index contributed by atoms with van der Waals surface area (Å²) in [5.41, 5.74) is 0. The Hall–Kier alpha value is -2.32. The molecule has 0 unspecified atom stereocenters. The first kappa shape index (κ1) is 44.7. The summed E-state index contributed by atoms with van der Waals surface area (Å²) in [6, 6.07) is 0. The Bertz CT molecular complexity index is 965. The van der Waals surface area contributed by atoms with Gasteiger partial charge in [0.2, 0.25) is 0 Å². The number of hydrogen-bond donors (Lipinski definition) is 2. The third-order valence-corrected chi connectivity index (χ3v) is 7.81. The molecule has 0 rings (SSSR count). The zero-order chi connectivity index (χ0) is 34.9. The van der Waals surface area contributed by atoms with Crippen molar-refractivity contribution in [3.05, 3.63) is 48.6 Å². The number of carbonyl (C=O) groups excluding carboxylic acids is 3. The van der Waals surface area contributed by atoms with Gasteiger partial charge in [-0.1, -0.05) is 133 Å². The van der Waals surface area contributed by atoms with Gasteiger partial charge in [-0.2, -0.15) is 0 Å². The van der Waals surface area contributed by atoms with Crippen LogP contribution in [0.1, 0.15) is 149 Å². The quantitative estimate of drug-likeness (QED) is 0.0177. The van der Waals surface area contributed by atoms with Crippen molar-refractivity contribution in [2.45, 2.75) is 155 Å². The van der Waals surface area contributed by atoms with E-state index in [1.165, 1.54) is 70.3 Å². The van der Waals surface area contributed by atoms with E-state index in [0.29, 0.717) is 6.42 Å². The summed E-state index contributed by atoms with van der Waals surface area (Å²) in [6.07, 6.45) is 34.1. The van der Waals surface area contributed by atoms with Crippen molar-refractivity contribution in [1.29, 1.82) is 0 Å². The van der Waals surface area contributed by atoms with Gasteiger partial charge >= 0.3 is 19.8 Å². The largest absolute Gasteiger partial charge is 0.469 e. The number of esters is 2. The number of phosphoric acid groups is 1. The van der Waals surface area contributed by atoms with E-state index in [1.807, 2.05) is 12.2 Å². The van der Waals surface area contributed by atoms with Crippen molar-refractivity contribution in [3.63, 3.8) is 0 Å². The molecule has 0 bridgehead atoms. The highest BCUT2D eigenvalue weighted by molar-refractivity contribution is 7.46. The standard InChI is InChI=1S/C37H63O9P/c1-3-5-7-9-11-13-15-16-18-19-21-23-25-28-34(38)29-27-31-36(39)44-32-35(33-45-47(41,42)43)46-37(40)30-26-24-22-20-17-14-12-10-8-6-4-2/h11,13,16,18,21,23,25,28,35H,3-10,12,14-15,17,19-20,22,24,26-27,29-33H2,1-2H3,(H2,41,42,43)/b13-11-,18-16-,23-21-,28-25+/t35-/m1/s1. The van der Waals surface area contributed by atoms with Crippen molar-refractivity contribution in [2.75, 3.05) is 13.2 Å². The molecule has 270 valence electrons. The summed E-state index contributed by atoms with van der Waals surface area (Å²) in [5, 5.41) is 0. The highest BCUT2D eigenvalue weighted by atomic mass is 31.2. The monoisotopic (exact) mass is 682 g/mol. The molecule has 2 N–H and O–H groups in total. The lowest BCUT2D eigenvalue weighted by atomic mass is 10.1. The van der Waals surface area contributed by atoms with Gasteiger partial charge in [0.1, 0.15) is 6.61 Å². The molecule has 0 saturated carbocycles. The molecule has 0 aliphatic carbocycles. The SMILES string of the molecule is CCCCC/C=C\C/C=C\C/C=C\C=C\C(=O)CCCC(=O)OC[C@H](COP(=O)(O)O)OC(=O)CCCCCCCCCCCCC. The van der Waals surface area contributed by atoms with Gasteiger partial charge in [0.05, 0.1) is 6.61 Å². The fourth-order valence-electron chi connectivity index (χ4n) is 4.62. The van der Waals surface area contributed by atoms with E-state index >= 15 is 0 Å². The Balaban J connectivity index is 4.21. The van der Waals surface area contributed by atoms with Crippen molar-refractivity contribution in [3.8, 4) is 0 Å². The number of allylic oxidation sites excluding steroid dienone is 8. The van der Waals surface area contributed by atoms with Gasteiger partial charge in [0.25, 0.3) is 0 Å². The van der Waals surface area contributed by atoms with E-state index in [0.717, 1.165) is 38.5 Å². The molecule has 0 aromatic carbocycles. The lowest BCUT2D eigenvalue weighted by Gasteiger charge is -2.18. The Morgan fingerprint density at radius 2 is 1.17 bits per heavy atom. The van der Waals surface area contributed by atoms with Gasteiger partial charge in [-0.15, -0.1) is 0 Å². The normalized spacial score (nSPS) is 12.9. The first-order chi connectivity index (χ1) is 22.7. The number of ether oxygens (including phenoxy) is 2. The van der Waals surface area contributed by atoms with Crippen molar-refractivity contribution in [1.82, 2.24) is 0 Å². The highest BCUT2D eigenvalue weighted by Crippen LogP contribution is 2.35. The summed E-state index contributed by atoms with van der Waals surface area (Å²) in [5.74, 6) is -1.26. The number of hydrogen-bond acceptors (Lipinski definition) is 7. The second-order valence-corrected chi connectivity index (χ2v) is 13.1. The molecule has 10 heteroatoms. The molecule has 9 nitrogen and oxygen atoms in total. The molecule has 0 aromatic rings. The average Bonchev–Trinajstić information content (AvgIpc) is 3.03. The van der Waals surface area contributed by atoms with E-state index in [2.05, 4.69) is 42.7 Å². The highest BCUT2D eigenvalue weighted by Gasteiger charge is 2.23. The third kappa shape index (κ3) is 34.8. The summed E-state index contributed by atoms with van der Waals surface area (Å²) in [4.78, 5) is 54.6. The first-order valence-electron chi connectivity index (χ1n) is 17.9. The molecule has 0 saturated heterocycles. The molecule has 0 aromatic heterocycles. The van der Waals surface area contributed by atoms with Gasteiger partial charge < -0.3 is 19.3 Å². The summed E-state index contributed by atoms with van der Waals surface area (Å²) in [6.45, 7) is 3.41. The van der Waals surface area contributed by atoms with Crippen LogP contribution in [-0.4, -0.2) is 46.8 Å². The van der Waals surface area contributed by atoms with E-state index in [4.69, 9.17) is 19.3 Å².